The lowest BCUT2D eigenvalue weighted by Gasteiger charge is -2.28. The Morgan fingerprint density at radius 3 is 2.55 bits per heavy atom. The predicted molar refractivity (Wildman–Crippen MR) is 79.5 cm³/mol. The third-order valence-electron chi connectivity index (χ3n) is 4.09. The first-order valence-corrected chi connectivity index (χ1v) is 7.56. The van der Waals surface area contributed by atoms with E-state index in [2.05, 4.69) is 23.0 Å². The highest BCUT2D eigenvalue weighted by Gasteiger charge is 2.28. The van der Waals surface area contributed by atoms with Gasteiger partial charge in [0, 0.05) is 17.3 Å². The van der Waals surface area contributed by atoms with E-state index in [-0.39, 0.29) is 23.9 Å². The normalized spacial score (nSPS) is 16.8. The topological polar surface area (TPSA) is 37.3 Å². The summed E-state index contributed by atoms with van der Waals surface area (Å²) in [4.78, 5) is 12.3. The minimum Gasteiger partial charge on any atom is -1.00 e. The maximum absolute atomic E-state index is 12.3. The van der Waals surface area contributed by atoms with Crippen LogP contribution in [-0.2, 0) is 0 Å². The zero-order chi connectivity index (χ0) is 14.0. The van der Waals surface area contributed by atoms with E-state index >= 15 is 0 Å². The van der Waals surface area contributed by atoms with E-state index in [0.717, 1.165) is 34.2 Å². The summed E-state index contributed by atoms with van der Waals surface area (Å²) < 4.78 is 1.83. The maximum Gasteiger partial charge on any atom is 0.172 e. The molecule has 5 heteroatoms. The Morgan fingerprint density at radius 1 is 1.35 bits per heavy atom. The molecular formula is C15H21BrClNO2. The van der Waals surface area contributed by atoms with E-state index in [0.29, 0.717) is 12.0 Å². The van der Waals surface area contributed by atoms with Gasteiger partial charge in [0.2, 0.25) is 0 Å². The van der Waals surface area contributed by atoms with Crippen LogP contribution in [0.4, 0.5) is 0 Å². The molecule has 20 heavy (non-hydrogen) atoms. The zero-order valence-electron chi connectivity index (χ0n) is 12.0. The molecule has 1 aliphatic heterocycles. The Kier molecular flexibility index (Phi) is 6.05. The van der Waals surface area contributed by atoms with Gasteiger partial charge in [0.15, 0.2) is 5.78 Å². The Morgan fingerprint density at radius 2 is 1.95 bits per heavy atom. The van der Waals surface area contributed by atoms with Crippen LogP contribution in [-0.4, -0.2) is 42.1 Å². The highest BCUT2D eigenvalue weighted by atomic mass is 79.9. The Labute approximate surface area is 135 Å². The van der Waals surface area contributed by atoms with Crippen molar-refractivity contribution in [1.29, 1.82) is 0 Å². The number of nitrogens with zero attached hydrogens (tertiary/aromatic N) is 1. The van der Waals surface area contributed by atoms with Gasteiger partial charge in [0.05, 0.1) is 38.7 Å². The zero-order valence-corrected chi connectivity index (χ0v) is 14.3. The molecule has 0 bridgehead atoms. The number of phenolic OH excluding ortho intramolecular Hbond substituents is 1. The lowest BCUT2D eigenvalue weighted by Crippen LogP contribution is -3.00. The van der Waals surface area contributed by atoms with Gasteiger partial charge in [-0.25, -0.2) is 0 Å². The van der Waals surface area contributed by atoms with Gasteiger partial charge in [-0.2, -0.15) is 0 Å². The van der Waals surface area contributed by atoms with Gasteiger partial charge < -0.3 is 22.0 Å². The van der Waals surface area contributed by atoms with Crippen molar-refractivity contribution in [3.05, 3.63) is 27.7 Å². The first kappa shape index (κ1) is 17.5. The van der Waals surface area contributed by atoms with Gasteiger partial charge in [-0.05, 0) is 24.6 Å². The minimum atomic E-state index is 0. The fourth-order valence-corrected chi connectivity index (χ4v) is 3.35. The molecule has 1 heterocycles. The maximum atomic E-state index is 12.3. The lowest BCUT2D eigenvalue weighted by atomic mass is 10.0. The average Bonchev–Trinajstić information content (AvgIpc) is 2.78. The molecule has 0 amide bonds. The van der Waals surface area contributed by atoms with Gasteiger partial charge in [0.25, 0.3) is 0 Å². The second kappa shape index (κ2) is 6.92. The molecule has 0 saturated carbocycles. The van der Waals surface area contributed by atoms with Crippen LogP contribution in [0.3, 0.4) is 0 Å². The van der Waals surface area contributed by atoms with E-state index < -0.39 is 0 Å². The predicted octanol–water partition coefficient (Wildman–Crippen LogP) is 0.280. The van der Waals surface area contributed by atoms with Crippen LogP contribution in [0.5, 0.6) is 5.75 Å². The van der Waals surface area contributed by atoms with Crippen LogP contribution in [0.25, 0.3) is 0 Å². The molecular weight excluding hydrogens is 342 g/mol. The molecule has 1 saturated heterocycles. The number of carbonyl (C=O) groups excluding carboxylic acids is 1. The summed E-state index contributed by atoms with van der Waals surface area (Å²) in [6.45, 7) is 5.00. The summed E-state index contributed by atoms with van der Waals surface area (Å²) in [5.41, 5.74) is 1.18. The van der Waals surface area contributed by atoms with Crippen molar-refractivity contribution in [2.75, 3.05) is 26.7 Å². The first-order valence-electron chi connectivity index (χ1n) is 6.77. The average molecular weight is 363 g/mol. The molecule has 1 fully saturated rings. The number of rotatable bonds is 4. The van der Waals surface area contributed by atoms with Crippen LogP contribution >= 0.6 is 15.9 Å². The lowest BCUT2D eigenvalue weighted by molar-refractivity contribution is -0.897. The number of ketones is 1. The summed E-state index contributed by atoms with van der Waals surface area (Å²) in [7, 11) is 2.21. The number of phenols is 1. The monoisotopic (exact) mass is 361 g/mol. The van der Waals surface area contributed by atoms with Crippen molar-refractivity contribution in [1.82, 2.24) is 0 Å². The minimum absolute atomic E-state index is 0. The number of aromatic hydroxyl groups is 1. The van der Waals surface area contributed by atoms with Crippen molar-refractivity contribution in [3.8, 4) is 5.75 Å². The number of carbonyl (C=O) groups is 1. The van der Waals surface area contributed by atoms with E-state index in [1.807, 2.05) is 13.0 Å². The second-order valence-corrected chi connectivity index (χ2v) is 6.71. The van der Waals surface area contributed by atoms with Crippen LogP contribution in [0, 0.1) is 6.92 Å². The molecule has 1 aromatic rings. The van der Waals surface area contributed by atoms with Crippen LogP contribution < -0.4 is 12.4 Å². The molecule has 0 atom stereocenters. The molecule has 0 radical (unpaired) electrons. The molecule has 2 rings (SSSR count). The summed E-state index contributed by atoms with van der Waals surface area (Å²) in [6, 6.07) is 3.54. The summed E-state index contributed by atoms with van der Waals surface area (Å²) in [5.74, 6) is 0.158. The Hall–Kier alpha value is -0.580. The van der Waals surface area contributed by atoms with Gasteiger partial charge in [0.1, 0.15) is 5.75 Å². The smallest absolute Gasteiger partial charge is 0.172 e. The number of likely N-dealkylation sites (tertiary alicyclic amines) is 1. The number of hydrogen-bond acceptors (Lipinski definition) is 2. The molecule has 112 valence electrons. The molecule has 0 aromatic heterocycles. The quantitative estimate of drug-likeness (QED) is 0.617. The van der Waals surface area contributed by atoms with Crippen molar-refractivity contribution in [2.24, 2.45) is 0 Å². The van der Waals surface area contributed by atoms with E-state index in [4.69, 9.17) is 0 Å². The highest BCUT2D eigenvalue weighted by Crippen LogP contribution is 2.28. The number of benzene rings is 1. The first-order chi connectivity index (χ1) is 8.91. The highest BCUT2D eigenvalue weighted by molar-refractivity contribution is 9.10. The van der Waals surface area contributed by atoms with Crippen LogP contribution in [0.15, 0.2) is 16.6 Å². The number of hydrogen-bond donors (Lipinski definition) is 1. The molecule has 3 nitrogen and oxygen atoms in total. The number of quaternary nitrogens is 1. The molecule has 0 spiro atoms. The van der Waals surface area contributed by atoms with Crippen LogP contribution in [0.2, 0.25) is 0 Å². The Bertz CT molecular complexity index is 499. The molecule has 1 aromatic carbocycles. The van der Waals surface area contributed by atoms with Gasteiger partial charge in [-0.1, -0.05) is 15.9 Å². The summed E-state index contributed by atoms with van der Waals surface area (Å²) >= 11 is 3.38. The van der Waals surface area contributed by atoms with Gasteiger partial charge in [-0.15, -0.1) is 0 Å². The Balaban J connectivity index is 0.00000200. The van der Waals surface area contributed by atoms with Crippen molar-refractivity contribution in [3.63, 3.8) is 0 Å². The number of Topliss-reactive ketones (excluding diaryl/α,β-unsaturated/α-hetero) is 1. The third-order valence-corrected chi connectivity index (χ3v) is 4.55. The van der Waals surface area contributed by atoms with Crippen molar-refractivity contribution < 1.29 is 26.8 Å². The van der Waals surface area contributed by atoms with Crippen LogP contribution in [0.1, 0.15) is 35.2 Å². The fourth-order valence-electron chi connectivity index (χ4n) is 2.78. The second-order valence-electron chi connectivity index (χ2n) is 5.79. The molecule has 1 aliphatic rings. The fraction of sp³-hybridized carbons (Fsp3) is 0.533. The largest absolute Gasteiger partial charge is 1.00 e. The van der Waals surface area contributed by atoms with E-state index in [1.54, 1.807) is 6.07 Å². The van der Waals surface area contributed by atoms with Gasteiger partial charge in [-0.3, -0.25) is 4.79 Å². The SMILES string of the molecule is Cc1cc(Br)cc(C(=O)CC[N+]2(C)CCCC2)c1O.[Cl-]. The summed E-state index contributed by atoms with van der Waals surface area (Å²) in [5, 5.41) is 10.0. The van der Waals surface area contributed by atoms with E-state index in [1.165, 1.54) is 12.8 Å². The van der Waals surface area contributed by atoms with Crippen molar-refractivity contribution >= 4 is 21.7 Å². The molecule has 0 unspecified atom stereocenters. The van der Waals surface area contributed by atoms with Crippen molar-refractivity contribution in [2.45, 2.75) is 26.2 Å². The van der Waals surface area contributed by atoms with Gasteiger partial charge >= 0.3 is 0 Å². The summed E-state index contributed by atoms with van der Waals surface area (Å²) in [6.07, 6.45) is 3.01. The molecule has 0 aliphatic carbocycles. The standard InChI is InChI=1S/C15H20BrNO2.ClH/c1-11-9-12(16)10-13(15(11)19)14(18)5-8-17(2)6-3-4-7-17;/h9-10H,3-8H2,1-2H3;1H. The number of aryl methyl sites for hydroxylation is 1. The van der Waals surface area contributed by atoms with E-state index in [9.17, 15) is 9.90 Å². The third kappa shape index (κ3) is 3.96. The molecule has 1 N–H and O–H groups in total. The number of halogens is 2.